The summed E-state index contributed by atoms with van der Waals surface area (Å²) in [7, 11) is 0. The van der Waals surface area contributed by atoms with E-state index in [-0.39, 0.29) is 11.3 Å². The first-order chi connectivity index (χ1) is 11.7. The number of carbonyl (C=O) groups excluding carboxylic acids is 1. The van der Waals surface area contributed by atoms with Crippen LogP contribution in [0, 0.1) is 31.1 Å². The molecule has 0 bridgehead atoms. The van der Waals surface area contributed by atoms with Crippen LogP contribution in [0.1, 0.15) is 44.7 Å². The molecule has 2 heterocycles. The largest absolute Gasteiger partial charge is 0.361 e. The molecule has 1 saturated heterocycles. The Kier molecular flexibility index (Phi) is 4.80. The maximum Gasteiger partial charge on any atom is 0.226 e. The van der Waals surface area contributed by atoms with Gasteiger partial charge >= 0.3 is 0 Å². The lowest BCUT2D eigenvalue weighted by Crippen LogP contribution is -2.49. The van der Waals surface area contributed by atoms with Crippen LogP contribution in [-0.2, 0) is 11.3 Å². The molecule has 2 aliphatic rings. The first kappa shape index (κ1) is 18.2. The fraction of sp³-hybridized carbons (Fsp3) is 0.700. The Morgan fingerprint density at radius 2 is 1.88 bits per heavy atom. The summed E-state index contributed by atoms with van der Waals surface area (Å²) in [5.41, 5.74) is 3.56. The molecule has 25 heavy (non-hydrogen) atoms. The van der Waals surface area contributed by atoms with E-state index < -0.39 is 0 Å². The number of rotatable bonds is 4. The standard InChI is InChI=1S/C20H31N3O2/c1-13(2)11-17-18(20(17,5)6)19(24)23-9-7-22(8-10-23)12-16-14(3)21-25-15(16)4/h11,17-18H,7-10,12H2,1-6H3/t17-,18-/m1/s1. The molecule has 3 rings (SSSR count). The minimum atomic E-state index is 0.0994. The van der Waals surface area contributed by atoms with Crippen LogP contribution in [0.2, 0.25) is 0 Å². The number of amides is 1. The minimum absolute atomic E-state index is 0.0994. The predicted molar refractivity (Wildman–Crippen MR) is 98.0 cm³/mol. The third-order valence-electron chi connectivity index (χ3n) is 5.94. The molecule has 5 nitrogen and oxygen atoms in total. The molecule has 1 aliphatic carbocycles. The summed E-state index contributed by atoms with van der Waals surface area (Å²) >= 11 is 0. The summed E-state index contributed by atoms with van der Waals surface area (Å²) < 4.78 is 5.26. The van der Waals surface area contributed by atoms with Crippen molar-refractivity contribution in [3.05, 3.63) is 28.7 Å². The summed E-state index contributed by atoms with van der Waals surface area (Å²) in [6.07, 6.45) is 2.27. The van der Waals surface area contributed by atoms with E-state index in [0.717, 1.165) is 44.2 Å². The fourth-order valence-corrected chi connectivity index (χ4v) is 4.09. The normalized spacial score (nSPS) is 25.8. The van der Waals surface area contributed by atoms with Crippen molar-refractivity contribution in [2.24, 2.45) is 17.3 Å². The molecule has 1 saturated carbocycles. The Hall–Kier alpha value is -1.62. The fourth-order valence-electron chi connectivity index (χ4n) is 4.09. The van der Waals surface area contributed by atoms with Crippen LogP contribution in [0.5, 0.6) is 0 Å². The van der Waals surface area contributed by atoms with Crippen molar-refractivity contribution in [1.29, 1.82) is 0 Å². The number of carbonyl (C=O) groups is 1. The summed E-state index contributed by atoms with van der Waals surface area (Å²) in [5.74, 6) is 1.78. The van der Waals surface area contributed by atoms with E-state index in [2.05, 4.69) is 48.7 Å². The number of aryl methyl sites for hydroxylation is 2. The van der Waals surface area contributed by atoms with Gasteiger partial charge in [-0.25, -0.2) is 0 Å². The Balaban J connectivity index is 1.56. The van der Waals surface area contributed by atoms with Gasteiger partial charge in [-0.2, -0.15) is 0 Å². The van der Waals surface area contributed by atoms with Crippen molar-refractivity contribution in [2.45, 2.75) is 48.1 Å². The lowest BCUT2D eigenvalue weighted by molar-refractivity contribution is -0.135. The van der Waals surface area contributed by atoms with Gasteiger partial charge < -0.3 is 9.42 Å². The molecule has 0 spiro atoms. The average Bonchev–Trinajstić information content (AvgIpc) is 2.93. The molecule has 1 aromatic rings. The summed E-state index contributed by atoms with van der Waals surface area (Å²) in [6.45, 7) is 16.9. The van der Waals surface area contributed by atoms with Crippen molar-refractivity contribution in [1.82, 2.24) is 15.0 Å². The Morgan fingerprint density at radius 1 is 1.24 bits per heavy atom. The van der Waals surface area contributed by atoms with Crippen LogP contribution in [0.15, 0.2) is 16.2 Å². The van der Waals surface area contributed by atoms with Gasteiger partial charge in [0.15, 0.2) is 0 Å². The molecule has 1 amide bonds. The van der Waals surface area contributed by atoms with Gasteiger partial charge in [0.2, 0.25) is 5.91 Å². The van der Waals surface area contributed by atoms with Gasteiger partial charge in [0, 0.05) is 38.3 Å². The number of hydrogen-bond acceptors (Lipinski definition) is 4. The second-order valence-corrected chi connectivity index (χ2v) is 8.47. The van der Waals surface area contributed by atoms with Crippen LogP contribution in [-0.4, -0.2) is 47.0 Å². The molecule has 138 valence electrons. The van der Waals surface area contributed by atoms with Gasteiger partial charge in [0.25, 0.3) is 0 Å². The maximum absolute atomic E-state index is 13.0. The highest BCUT2D eigenvalue weighted by Gasteiger charge is 2.61. The van der Waals surface area contributed by atoms with Crippen molar-refractivity contribution in [3.63, 3.8) is 0 Å². The highest BCUT2D eigenvalue weighted by Crippen LogP contribution is 2.60. The van der Waals surface area contributed by atoms with Crippen molar-refractivity contribution < 1.29 is 9.32 Å². The number of nitrogens with zero attached hydrogens (tertiary/aromatic N) is 3. The van der Waals surface area contributed by atoms with Gasteiger partial charge in [-0.1, -0.05) is 30.7 Å². The van der Waals surface area contributed by atoms with Crippen LogP contribution >= 0.6 is 0 Å². The Bertz CT molecular complexity index is 658. The van der Waals surface area contributed by atoms with E-state index in [1.807, 2.05) is 13.8 Å². The van der Waals surface area contributed by atoms with Crippen LogP contribution in [0.4, 0.5) is 0 Å². The highest BCUT2D eigenvalue weighted by molar-refractivity contribution is 5.84. The third kappa shape index (κ3) is 3.52. The minimum Gasteiger partial charge on any atom is -0.361 e. The third-order valence-corrected chi connectivity index (χ3v) is 5.94. The second kappa shape index (κ2) is 6.60. The van der Waals surface area contributed by atoms with Gasteiger partial charge in [-0.15, -0.1) is 0 Å². The molecule has 0 aromatic carbocycles. The molecule has 0 unspecified atom stereocenters. The number of hydrogen-bond donors (Lipinski definition) is 0. The van der Waals surface area contributed by atoms with Gasteiger partial charge in [0.05, 0.1) is 11.6 Å². The van der Waals surface area contributed by atoms with E-state index in [1.54, 1.807) is 0 Å². The molecular weight excluding hydrogens is 314 g/mol. The van der Waals surface area contributed by atoms with Gasteiger partial charge in [0.1, 0.15) is 5.76 Å². The zero-order chi connectivity index (χ0) is 18.4. The average molecular weight is 345 g/mol. The lowest BCUT2D eigenvalue weighted by atomic mass is 10.1. The Morgan fingerprint density at radius 3 is 2.40 bits per heavy atom. The SMILES string of the molecule is CC(C)=C[C@@H]1[C@H](C(=O)N2CCN(Cc3c(C)noc3C)CC2)C1(C)C. The van der Waals surface area contributed by atoms with E-state index >= 15 is 0 Å². The van der Waals surface area contributed by atoms with E-state index in [0.29, 0.717) is 11.8 Å². The highest BCUT2D eigenvalue weighted by atomic mass is 16.5. The molecular formula is C20H31N3O2. The molecule has 5 heteroatoms. The monoisotopic (exact) mass is 345 g/mol. The molecule has 1 aliphatic heterocycles. The zero-order valence-corrected chi connectivity index (χ0v) is 16.4. The van der Waals surface area contributed by atoms with Gasteiger partial charge in [-0.3, -0.25) is 9.69 Å². The van der Waals surface area contributed by atoms with Crippen molar-refractivity contribution >= 4 is 5.91 Å². The van der Waals surface area contributed by atoms with Crippen LogP contribution in [0.25, 0.3) is 0 Å². The van der Waals surface area contributed by atoms with E-state index in [4.69, 9.17) is 4.52 Å². The lowest BCUT2D eigenvalue weighted by Gasteiger charge is -2.35. The van der Waals surface area contributed by atoms with Crippen LogP contribution in [0.3, 0.4) is 0 Å². The zero-order valence-electron chi connectivity index (χ0n) is 16.4. The summed E-state index contributed by atoms with van der Waals surface area (Å²) in [5, 5.41) is 4.03. The van der Waals surface area contributed by atoms with E-state index in [9.17, 15) is 4.79 Å². The molecule has 0 radical (unpaired) electrons. The quantitative estimate of drug-likeness (QED) is 0.787. The Labute approximate surface area is 151 Å². The molecule has 2 atom stereocenters. The number of piperazine rings is 1. The van der Waals surface area contributed by atoms with E-state index in [1.165, 1.54) is 11.1 Å². The van der Waals surface area contributed by atoms with Gasteiger partial charge in [-0.05, 0) is 39.0 Å². The first-order valence-electron chi connectivity index (χ1n) is 9.29. The first-order valence-corrected chi connectivity index (χ1v) is 9.29. The topological polar surface area (TPSA) is 49.6 Å². The molecule has 1 aromatic heterocycles. The predicted octanol–water partition coefficient (Wildman–Crippen LogP) is 3.17. The van der Waals surface area contributed by atoms with Crippen LogP contribution < -0.4 is 0 Å². The summed E-state index contributed by atoms with van der Waals surface area (Å²) in [6, 6.07) is 0. The second-order valence-electron chi connectivity index (χ2n) is 8.47. The maximum atomic E-state index is 13.0. The smallest absolute Gasteiger partial charge is 0.226 e. The molecule has 0 N–H and O–H groups in total. The van der Waals surface area contributed by atoms with Crippen molar-refractivity contribution in [2.75, 3.05) is 26.2 Å². The number of aromatic nitrogens is 1. The van der Waals surface area contributed by atoms with Crippen molar-refractivity contribution in [3.8, 4) is 0 Å². The summed E-state index contributed by atoms with van der Waals surface area (Å²) in [4.78, 5) is 17.4. The molecule has 2 fully saturated rings. The number of allylic oxidation sites excluding steroid dienone is 2.